The average Bonchev–Trinajstić information content (AvgIpc) is 2.04. The van der Waals surface area contributed by atoms with E-state index < -0.39 is 0 Å². The maximum absolute atomic E-state index is 5.73. The average molecular weight is 154 g/mol. The summed E-state index contributed by atoms with van der Waals surface area (Å²) in [7, 11) is 2.25. The van der Waals surface area contributed by atoms with Crippen molar-refractivity contribution < 1.29 is 0 Å². The zero-order valence-corrected chi connectivity index (χ0v) is 7.29. The molecule has 1 saturated carbocycles. The summed E-state index contributed by atoms with van der Waals surface area (Å²) in [5.41, 5.74) is 5.73. The standard InChI is InChI=1S/C9H18N2/c1-11-6-7-2-3-9(11)8(4-7)5-10/h7-9H,2-6,10H2,1H3. The number of nitrogens with two attached hydrogens (primary N) is 1. The van der Waals surface area contributed by atoms with Gasteiger partial charge in [-0.1, -0.05) is 0 Å². The molecule has 64 valence electrons. The summed E-state index contributed by atoms with van der Waals surface area (Å²) in [6, 6.07) is 0.810. The molecule has 3 fully saturated rings. The fraction of sp³-hybridized carbons (Fsp3) is 1.00. The molecule has 0 amide bonds. The molecule has 2 N–H and O–H groups in total. The Kier molecular flexibility index (Phi) is 1.90. The van der Waals surface area contributed by atoms with Gasteiger partial charge in [0.2, 0.25) is 0 Å². The third-order valence-corrected chi connectivity index (χ3v) is 3.47. The monoisotopic (exact) mass is 154 g/mol. The van der Waals surface area contributed by atoms with Crippen molar-refractivity contribution in [1.82, 2.24) is 4.90 Å². The molecule has 2 heteroatoms. The predicted molar refractivity (Wildman–Crippen MR) is 46.3 cm³/mol. The van der Waals surface area contributed by atoms with Gasteiger partial charge >= 0.3 is 0 Å². The van der Waals surface area contributed by atoms with Gasteiger partial charge in [0.15, 0.2) is 0 Å². The molecule has 0 aromatic carbocycles. The first-order chi connectivity index (χ1) is 5.31. The lowest BCUT2D eigenvalue weighted by Gasteiger charge is -2.48. The van der Waals surface area contributed by atoms with Crippen molar-refractivity contribution >= 4 is 0 Å². The second-order valence-corrected chi connectivity index (χ2v) is 4.18. The summed E-state index contributed by atoms with van der Waals surface area (Å²) in [6.45, 7) is 2.21. The van der Waals surface area contributed by atoms with Gasteiger partial charge in [0, 0.05) is 12.6 Å². The minimum atomic E-state index is 0.799. The third kappa shape index (κ3) is 1.18. The molecule has 11 heavy (non-hydrogen) atoms. The highest BCUT2D eigenvalue weighted by Gasteiger charge is 2.37. The van der Waals surface area contributed by atoms with E-state index in [0.717, 1.165) is 24.4 Å². The third-order valence-electron chi connectivity index (χ3n) is 3.47. The number of nitrogens with zero attached hydrogens (tertiary/aromatic N) is 1. The molecule has 2 bridgehead atoms. The number of fused-ring (bicyclic) bond motifs is 3. The molecule has 3 unspecified atom stereocenters. The second kappa shape index (κ2) is 2.76. The predicted octanol–water partition coefficient (Wildman–Crippen LogP) is 0.675. The summed E-state index contributed by atoms with van der Waals surface area (Å²) in [5, 5.41) is 0. The van der Waals surface area contributed by atoms with Crippen LogP contribution in [-0.4, -0.2) is 31.1 Å². The molecule has 1 aliphatic carbocycles. The van der Waals surface area contributed by atoms with Gasteiger partial charge in [-0.2, -0.15) is 0 Å². The molecule has 0 spiro atoms. The Bertz CT molecular complexity index is 146. The Hall–Kier alpha value is -0.0800. The van der Waals surface area contributed by atoms with E-state index in [0.29, 0.717) is 0 Å². The van der Waals surface area contributed by atoms with E-state index >= 15 is 0 Å². The van der Waals surface area contributed by atoms with Crippen molar-refractivity contribution in [3.05, 3.63) is 0 Å². The van der Waals surface area contributed by atoms with Gasteiger partial charge in [-0.05, 0) is 44.7 Å². The summed E-state index contributed by atoms with van der Waals surface area (Å²) in [4.78, 5) is 2.51. The van der Waals surface area contributed by atoms with Gasteiger partial charge in [-0.3, -0.25) is 0 Å². The number of hydrogen-bond donors (Lipinski definition) is 1. The second-order valence-electron chi connectivity index (χ2n) is 4.18. The zero-order valence-electron chi connectivity index (χ0n) is 7.29. The minimum absolute atomic E-state index is 0.799. The molecule has 2 nitrogen and oxygen atoms in total. The molecule has 2 heterocycles. The highest BCUT2D eigenvalue weighted by Crippen LogP contribution is 2.37. The van der Waals surface area contributed by atoms with Gasteiger partial charge in [0.25, 0.3) is 0 Å². The first kappa shape index (κ1) is 7.56. The zero-order chi connectivity index (χ0) is 7.84. The topological polar surface area (TPSA) is 29.3 Å². The van der Waals surface area contributed by atoms with Gasteiger partial charge in [-0.15, -0.1) is 0 Å². The highest BCUT2D eigenvalue weighted by molar-refractivity contribution is 4.92. The van der Waals surface area contributed by atoms with E-state index in [2.05, 4.69) is 11.9 Å². The minimum Gasteiger partial charge on any atom is -0.330 e. The van der Waals surface area contributed by atoms with Crippen LogP contribution in [0.25, 0.3) is 0 Å². The number of rotatable bonds is 1. The largest absolute Gasteiger partial charge is 0.330 e. The van der Waals surface area contributed by atoms with Crippen LogP contribution < -0.4 is 5.73 Å². The van der Waals surface area contributed by atoms with Crippen molar-refractivity contribution in [3.63, 3.8) is 0 Å². The lowest BCUT2D eigenvalue weighted by atomic mass is 9.73. The highest BCUT2D eigenvalue weighted by atomic mass is 15.2. The molecule has 0 aromatic heterocycles. The van der Waals surface area contributed by atoms with Gasteiger partial charge in [0.05, 0.1) is 0 Å². The van der Waals surface area contributed by atoms with E-state index in [1.54, 1.807) is 0 Å². The Morgan fingerprint density at radius 1 is 1.45 bits per heavy atom. The molecular formula is C9H18N2. The summed E-state index contributed by atoms with van der Waals surface area (Å²) < 4.78 is 0. The Morgan fingerprint density at radius 2 is 2.27 bits per heavy atom. The molecular weight excluding hydrogens is 136 g/mol. The SMILES string of the molecule is CN1CC2CCC1C(CN)C2. The van der Waals surface area contributed by atoms with E-state index in [-0.39, 0.29) is 0 Å². The van der Waals surface area contributed by atoms with Gasteiger partial charge < -0.3 is 10.6 Å². The lowest BCUT2D eigenvalue weighted by molar-refractivity contribution is 0.0239. The van der Waals surface area contributed by atoms with Crippen molar-refractivity contribution in [2.24, 2.45) is 17.6 Å². The van der Waals surface area contributed by atoms with Crippen molar-refractivity contribution in [3.8, 4) is 0 Å². The van der Waals surface area contributed by atoms with Crippen LogP contribution in [0.4, 0.5) is 0 Å². The maximum Gasteiger partial charge on any atom is 0.0133 e. The molecule has 3 aliphatic rings. The summed E-state index contributed by atoms with van der Waals surface area (Å²) >= 11 is 0. The molecule has 0 radical (unpaired) electrons. The van der Waals surface area contributed by atoms with Crippen LogP contribution in [0, 0.1) is 11.8 Å². The van der Waals surface area contributed by atoms with Crippen molar-refractivity contribution in [2.45, 2.75) is 25.3 Å². The first-order valence-electron chi connectivity index (χ1n) is 4.71. The van der Waals surface area contributed by atoms with E-state index in [1.165, 1.54) is 25.8 Å². The Morgan fingerprint density at radius 3 is 2.73 bits per heavy atom. The van der Waals surface area contributed by atoms with Crippen LogP contribution in [0.1, 0.15) is 19.3 Å². The Labute approximate surface area is 68.7 Å². The molecule has 0 aromatic rings. The van der Waals surface area contributed by atoms with E-state index in [1.807, 2.05) is 0 Å². The quantitative estimate of drug-likeness (QED) is 0.601. The molecule has 3 atom stereocenters. The molecule has 3 rings (SSSR count). The van der Waals surface area contributed by atoms with Crippen LogP contribution >= 0.6 is 0 Å². The van der Waals surface area contributed by atoms with E-state index in [9.17, 15) is 0 Å². The fourth-order valence-electron chi connectivity index (χ4n) is 2.89. The van der Waals surface area contributed by atoms with Gasteiger partial charge in [0.1, 0.15) is 0 Å². The molecule has 2 aliphatic heterocycles. The maximum atomic E-state index is 5.73. The first-order valence-corrected chi connectivity index (χ1v) is 4.71. The Balaban J connectivity index is 2.07. The fourth-order valence-corrected chi connectivity index (χ4v) is 2.89. The summed E-state index contributed by atoms with van der Waals surface area (Å²) in [5.74, 6) is 1.76. The number of hydrogen-bond acceptors (Lipinski definition) is 2. The van der Waals surface area contributed by atoms with Crippen LogP contribution in [-0.2, 0) is 0 Å². The van der Waals surface area contributed by atoms with Crippen LogP contribution in [0.2, 0.25) is 0 Å². The smallest absolute Gasteiger partial charge is 0.0133 e. The number of piperidine rings is 2. The van der Waals surface area contributed by atoms with Gasteiger partial charge in [-0.25, -0.2) is 0 Å². The van der Waals surface area contributed by atoms with Crippen LogP contribution in [0.15, 0.2) is 0 Å². The normalized spacial score (nSPS) is 44.7. The lowest BCUT2D eigenvalue weighted by Crippen LogP contribution is -2.52. The summed E-state index contributed by atoms with van der Waals surface area (Å²) in [6.07, 6.45) is 4.24. The van der Waals surface area contributed by atoms with Crippen LogP contribution in [0.3, 0.4) is 0 Å². The van der Waals surface area contributed by atoms with E-state index in [4.69, 9.17) is 5.73 Å². The van der Waals surface area contributed by atoms with Crippen molar-refractivity contribution in [2.75, 3.05) is 20.1 Å². The molecule has 2 saturated heterocycles. The van der Waals surface area contributed by atoms with Crippen LogP contribution in [0.5, 0.6) is 0 Å². The van der Waals surface area contributed by atoms with Crippen molar-refractivity contribution in [1.29, 1.82) is 0 Å².